The maximum atomic E-state index is 5.84. The molecular formula is C32H20N2O4. The third-order valence-corrected chi connectivity index (χ3v) is 7.01. The predicted molar refractivity (Wildman–Crippen MR) is 149 cm³/mol. The Labute approximate surface area is 216 Å². The van der Waals surface area contributed by atoms with E-state index >= 15 is 0 Å². The Morgan fingerprint density at radius 3 is 1.03 bits per heavy atom. The van der Waals surface area contributed by atoms with Gasteiger partial charge in [-0.15, -0.1) is 0 Å². The van der Waals surface area contributed by atoms with Crippen molar-refractivity contribution in [1.29, 1.82) is 0 Å². The monoisotopic (exact) mass is 496 g/mol. The van der Waals surface area contributed by atoms with Gasteiger partial charge in [0.15, 0.2) is 0 Å². The summed E-state index contributed by atoms with van der Waals surface area (Å²) in [5, 5.41) is 6.82. The van der Waals surface area contributed by atoms with Crippen LogP contribution in [0.3, 0.4) is 0 Å². The smallest absolute Gasteiger partial charge is 0.206 e. The van der Waals surface area contributed by atoms with Crippen molar-refractivity contribution >= 4 is 67.2 Å². The van der Waals surface area contributed by atoms with Gasteiger partial charge in [0, 0.05) is 35.0 Å². The van der Waals surface area contributed by atoms with E-state index in [-0.39, 0.29) is 0 Å². The van der Waals surface area contributed by atoms with Crippen LogP contribution < -0.4 is 9.80 Å². The van der Waals surface area contributed by atoms with Gasteiger partial charge in [0.1, 0.15) is 0 Å². The van der Waals surface area contributed by atoms with E-state index in [1.54, 1.807) is 25.1 Å². The van der Waals surface area contributed by atoms with E-state index in [9.17, 15) is 0 Å². The number of rotatable bonds is 6. The summed E-state index contributed by atoms with van der Waals surface area (Å²) in [5.41, 5.74) is 1.94. The molecule has 0 saturated carbocycles. The average molecular weight is 497 g/mol. The molecule has 0 aliphatic heterocycles. The van der Waals surface area contributed by atoms with Crippen LogP contribution in [0.2, 0.25) is 0 Å². The molecule has 0 atom stereocenters. The highest BCUT2D eigenvalue weighted by atomic mass is 16.4. The highest BCUT2D eigenvalue weighted by molar-refractivity contribution is 6.28. The maximum absolute atomic E-state index is 5.84. The fourth-order valence-corrected chi connectivity index (χ4v) is 5.44. The first-order chi connectivity index (χ1) is 18.9. The van der Waals surface area contributed by atoms with Crippen LogP contribution in [-0.4, -0.2) is 0 Å². The van der Waals surface area contributed by atoms with Gasteiger partial charge in [0.05, 0.1) is 36.4 Å². The van der Waals surface area contributed by atoms with E-state index < -0.39 is 0 Å². The van der Waals surface area contributed by atoms with Crippen LogP contribution in [0.4, 0.5) is 34.9 Å². The highest BCUT2D eigenvalue weighted by Crippen LogP contribution is 2.47. The molecule has 8 rings (SSSR count). The number of nitrogens with zero attached hydrogens (tertiary/aromatic N) is 2. The van der Waals surface area contributed by atoms with Crippen LogP contribution in [0.1, 0.15) is 0 Å². The van der Waals surface area contributed by atoms with Crippen LogP contribution in [-0.2, 0) is 0 Å². The quantitative estimate of drug-likeness (QED) is 0.214. The van der Waals surface area contributed by atoms with E-state index in [0.717, 1.165) is 32.9 Å². The minimum atomic E-state index is 0.678. The van der Waals surface area contributed by atoms with E-state index in [1.165, 1.54) is 10.8 Å². The van der Waals surface area contributed by atoms with E-state index in [1.807, 2.05) is 58.3 Å². The summed E-state index contributed by atoms with van der Waals surface area (Å²) in [5.74, 6) is 2.71. The molecule has 38 heavy (non-hydrogen) atoms. The Hall–Kier alpha value is -5.36. The Morgan fingerprint density at radius 1 is 0.368 bits per heavy atom. The van der Waals surface area contributed by atoms with Crippen molar-refractivity contribution in [1.82, 2.24) is 0 Å². The largest absolute Gasteiger partial charge is 0.448 e. The molecule has 182 valence electrons. The first-order valence-electron chi connectivity index (χ1n) is 12.3. The van der Waals surface area contributed by atoms with Gasteiger partial charge in [-0.3, -0.25) is 9.80 Å². The Bertz CT molecular complexity index is 1750. The number of benzene rings is 4. The molecular weight excluding hydrogens is 476 g/mol. The standard InChI is InChI=1S/C32H20N2O4/c1-5-27(35-17-1)33(28-6-2-18-36-28)25-15-11-21-10-14-24-26(16-12-22-9-13-23(25)31(21)32(22)24)34(29-7-3-19-37-29)30-8-4-20-38-30/h1-20H. The van der Waals surface area contributed by atoms with Gasteiger partial charge in [-0.2, -0.15) is 0 Å². The molecule has 0 spiro atoms. The zero-order chi connectivity index (χ0) is 25.1. The Balaban J connectivity index is 1.43. The summed E-state index contributed by atoms with van der Waals surface area (Å²) < 4.78 is 23.3. The number of furan rings is 4. The van der Waals surface area contributed by atoms with Crippen LogP contribution in [0.5, 0.6) is 0 Å². The van der Waals surface area contributed by atoms with Gasteiger partial charge in [0.2, 0.25) is 23.5 Å². The lowest BCUT2D eigenvalue weighted by Gasteiger charge is -2.24. The van der Waals surface area contributed by atoms with Crippen LogP contribution in [0.15, 0.2) is 140 Å². The molecule has 0 fully saturated rings. The third-order valence-electron chi connectivity index (χ3n) is 7.01. The third kappa shape index (κ3) is 3.01. The summed E-state index contributed by atoms with van der Waals surface area (Å²) >= 11 is 0. The summed E-state index contributed by atoms with van der Waals surface area (Å²) in [7, 11) is 0. The summed E-state index contributed by atoms with van der Waals surface area (Å²) in [6, 6.07) is 32.5. The maximum Gasteiger partial charge on any atom is 0.206 e. The van der Waals surface area contributed by atoms with Gasteiger partial charge in [0.25, 0.3) is 0 Å². The molecule has 4 aromatic carbocycles. The first kappa shape index (κ1) is 20.8. The predicted octanol–water partition coefficient (Wildman–Crippen LogP) is 9.90. The molecule has 0 amide bonds. The molecule has 0 aliphatic rings. The van der Waals surface area contributed by atoms with Crippen molar-refractivity contribution in [2.45, 2.75) is 0 Å². The topological polar surface area (TPSA) is 59.0 Å². The van der Waals surface area contributed by atoms with Gasteiger partial charge in [-0.05, 0) is 57.9 Å². The Morgan fingerprint density at radius 2 is 0.711 bits per heavy atom. The fraction of sp³-hybridized carbons (Fsp3) is 0. The summed E-state index contributed by atoms with van der Waals surface area (Å²) in [6.07, 6.45) is 6.69. The zero-order valence-corrected chi connectivity index (χ0v) is 20.1. The Kier molecular flexibility index (Phi) is 4.42. The molecule has 0 unspecified atom stereocenters. The van der Waals surface area contributed by atoms with Crippen molar-refractivity contribution < 1.29 is 17.7 Å². The summed E-state index contributed by atoms with van der Waals surface area (Å²) in [6.45, 7) is 0. The molecule has 0 radical (unpaired) electrons. The van der Waals surface area contributed by atoms with Gasteiger partial charge < -0.3 is 17.7 Å². The van der Waals surface area contributed by atoms with Crippen molar-refractivity contribution in [2.24, 2.45) is 0 Å². The van der Waals surface area contributed by atoms with E-state index in [2.05, 4.69) is 48.5 Å². The molecule has 8 aromatic rings. The zero-order valence-electron chi connectivity index (χ0n) is 20.1. The molecule has 6 nitrogen and oxygen atoms in total. The van der Waals surface area contributed by atoms with Gasteiger partial charge in [-0.1, -0.05) is 36.4 Å². The number of hydrogen-bond acceptors (Lipinski definition) is 6. The van der Waals surface area contributed by atoms with Crippen molar-refractivity contribution in [3.8, 4) is 0 Å². The van der Waals surface area contributed by atoms with Crippen molar-refractivity contribution in [2.75, 3.05) is 9.80 Å². The first-order valence-corrected chi connectivity index (χ1v) is 12.3. The second kappa shape index (κ2) is 8.08. The molecule has 6 heteroatoms. The van der Waals surface area contributed by atoms with Gasteiger partial charge >= 0.3 is 0 Å². The van der Waals surface area contributed by atoms with Gasteiger partial charge in [-0.25, -0.2) is 0 Å². The molecule has 0 N–H and O–H groups in total. The lowest BCUT2D eigenvalue weighted by Crippen LogP contribution is -2.10. The number of hydrogen-bond donors (Lipinski definition) is 0. The number of anilines is 6. The summed E-state index contributed by atoms with van der Waals surface area (Å²) in [4.78, 5) is 4.01. The SMILES string of the molecule is c1coc(N(c2ccco2)c2ccc3ccc4c(N(c5ccco5)c5ccco5)ccc5ccc2c3c54)c1. The van der Waals surface area contributed by atoms with E-state index in [4.69, 9.17) is 17.7 Å². The molecule has 0 bridgehead atoms. The van der Waals surface area contributed by atoms with Crippen molar-refractivity contribution in [3.05, 3.63) is 122 Å². The minimum Gasteiger partial charge on any atom is -0.448 e. The fourth-order valence-electron chi connectivity index (χ4n) is 5.44. The van der Waals surface area contributed by atoms with Crippen LogP contribution in [0, 0.1) is 0 Å². The lowest BCUT2D eigenvalue weighted by molar-refractivity contribution is 0.539. The second-order valence-corrected chi connectivity index (χ2v) is 9.07. The second-order valence-electron chi connectivity index (χ2n) is 9.07. The minimum absolute atomic E-state index is 0.678. The lowest BCUT2D eigenvalue weighted by atomic mass is 9.92. The molecule has 4 heterocycles. The van der Waals surface area contributed by atoms with Crippen LogP contribution in [0.25, 0.3) is 32.3 Å². The normalized spacial score (nSPS) is 11.7. The van der Waals surface area contributed by atoms with E-state index in [0.29, 0.717) is 23.5 Å². The highest BCUT2D eigenvalue weighted by Gasteiger charge is 2.24. The molecule has 0 saturated heterocycles. The van der Waals surface area contributed by atoms with Crippen LogP contribution >= 0.6 is 0 Å². The average Bonchev–Trinajstić information content (AvgIpc) is 3.78. The molecule has 0 aliphatic carbocycles. The van der Waals surface area contributed by atoms with Crippen molar-refractivity contribution in [3.63, 3.8) is 0 Å². The molecule has 4 aromatic heterocycles.